The molecule has 4 nitrogen and oxygen atoms in total. The molecule has 0 aliphatic heterocycles. The lowest BCUT2D eigenvalue weighted by Crippen LogP contribution is -2.23. The second kappa shape index (κ2) is 8.87. The van der Waals surface area contributed by atoms with Crippen molar-refractivity contribution in [2.45, 2.75) is 26.9 Å². The molecule has 1 heterocycles. The Morgan fingerprint density at radius 1 is 1.30 bits per heavy atom. The summed E-state index contributed by atoms with van der Waals surface area (Å²) >= 11 is 11.0. The van der Waals surface area contributed by atoms with Crippen LogP contribution in [0.1, 0.15) is 25.1 Å². The van der Waals surface area contributed by atoms with E-state index in [1.807, 2.05) is 35.7 Å². The van der Waals surface area contributed by atoms with E-state index in [4.69, 9.17) is 16.3 Å². The van der Waals surface area contributed by atoms with Crippen LogP contribution in [0, 0.1) is 0 Å². The van der Waals surface area contributed by atoms with Crippen LogP contribution >= 0.6 is 38.9 Å². The van der Waals surface area contributed by atoms with Gasteiger partial charge in [0.25, 0.3) is 0 Å². The van der Waals surface area contributed by atoms with Gasteiger partial charge in [-0.05, 0) is 36.2 Å². The Morgan fingerprint density at radius 2 is 2.07 bits per heavy atom. The molecule has 3 aromatic rings. The van der Waals surface area contributed by atoms with Crippen molar-refractivity contribution in [1.82, 2.24) is 4.98 Å². The van der Waals surface area contributed by atoms with Crippen LogP contribution in [-0.2, 0) is 17.8 Å². The zero-order valence-electron chi connectivity index (χ0n) is 14.9. The summed E-state index contributed by atoms with van der Waals surface area (Å²) in [6, 6.07) is 13.3. The molecular weight excluding hydrogens is 448 g/mol. The number of carbonyl (C=O) groups excluding carboxylic acids is 1. The molecule has 140 valence electrons. The first kappa shape index (κ1) is 19.9. The second-order valence-corrected chi connectivity index (χ2v) is 7.98. The molecule has 0 atom stereocenters. The first-order valence-electron chi connectivity index (χ1n) is 8.40. The predicted octanol–water partition coefficient (Wildman–Crippen LogP) is 6.39. The van der Waals surface area contributed by atoms with Crippen LogP contribution in [0.25, 0.3) is 0 Å². The van der Waals surface area contributed by atoms with E-state index in [0.717, 1.165) is 27.8 Å². The van der Waals surface area contributed by atoms with Gasteiger partial charge in [-0.25, -0.2) is 4.98 Å². The lowest BCUT2D eigenvalue weighted by atomic mass is 10.1. The highest BCUT2D eigenvalue weighted by Crippen LogP contribution is 2.33. The molecule has 0 saturated heterocycles. The number of benzene rings is 2. The Labute approximate surface area is 175 Å². The van der Waals surface area contributed by atoms with Gasteiger partial charge in [-0.1, -0.05) is 52.7 Å². The zero-order chi connectivity index (χ0) is 19.4. The zero-order valence-corrected chi connectivity index (χ0v) is 18.1. The summed E-state index contributed by atoms with van der Waals surface area (Å²) in [5.41, 5.74) is 2.71. The van der Waals surface area contributed by atoms with Gasteiger partial charge in [0, 0.05) is 16.8 Å². The molecule has 27 heavy (non-hydrogen) atoms. The Hall–Kier alpha value is -1.89. The predicted molar refractivity (Wildman–Crippen MR) is 114 cm³/mol. The van der Waals surface area contributed by atoms with Gasteiger partial charge in [0.1, 0.15) is 12.4 Å². The van der Waals surface area contributed by atoms with Crippen molar-refractivity contribution in [2.24, 2.45) is 0 Å². The lowest BCUT2D eigenvalue weighted by Gasteiger charge is -2.21. The molecule has 0 aliphatic rings. The molecule has 0 spiro atoms. The van der Waals surface area contributed by atoms with Gasteiger partial charge in [0.2, 0.25) is 5.91 Å². The fourth-order valence-corrected chi connectivity index (χ4v) is 4.24. The highest BCUT2D eigenvalue weighted by atomic mass is 79.9. The van der Waals surface area contributed by atoms with Crippen molar-refractivity contribution < 1.29 is 9.53 Å². The number of hydrogen-bond donors (Lipinski definition) is 0. The summed E-state index contributed by atoms with van der Waals surface area (Å²) in [5.74, 6) is 0.517. The molecular formula is C20H18BrClN2O2S. The van der Waals surface area contributed by atoms with Crippen LogP contribution in [0.5, 0.6) is 5.75 Å². The molecule has 0 radical (unpaired) electrons. The molecule has 0 aliphatic carbocycles. The van der Waals surface area contributed by atoms with E-state index in [1.54, 1.807) is 24.0 Å². The highest BCUT2D eigenvalue weighted by Gasteiger charge is 2.20. The average Bonchev–Trinajstić information content (AvgIpc) is 3.09. The van der Waals surface area contributed by atoms with Crippen molar-refractivity contribution in [3.05, 3.63) is 68.6 Å². The second-order valence-electron chi connectivity index (χ2n) is 5.82. The average molecular weight is 466 g/mol. The highest BCUT2D eigenvalue weighted by molar-refractivity contribution is 9.10. The number of rotatable bonds is 6. The van der Waals surface area contributed by atoms with Crippen LogP contribution < -0.4 is 9.64 Å². The summed E-state index contributed by atoms with van der Waals surface area (Å²) < 4.78 is 6.66. The van der Waals surface area contributed by atoms with E-state index in [-0.39, 0.29) is 12.5 Å². The largest absolute Gasteiger partial charge is 0.486 e. The standard InChI is InChI=1S/C20H18BrClN2O2S/c1-3-14-6-4-5-7-18(14)24(13(2)25)20-23-16(12-27-20)11-26-19-9-8-15(21)10-17(19)22/h4-10,12H,3,11H2,1-2H3. The molecule has 7 heteroatoms. The third kappa shape index (κ3) is 4.69. The summed E-state index contributed by atoms with van der Waals surface area (Å²) in [6.07, 6.45) is 0.837. The van der Waals surface area contributed by atoms with Crippen molar-refractivity contribution in [1.29, 1.82) is 0 Å². The number of halogens is 2. The molecule has 2 aromatic carbocycles. The van der Waals surface area contributed by atoms with Gasteiger partial charge < -0.3 is 4.74 Å². The molecule has 1 aromatic heterocycles. The van der Waals surface area contributed by atoms with Crippen LogP contribution in [0.3, 0.4) is 0 Å². The maximum Gasteiger partial charge on any atom is 0.230 e. The number of amides is 1. The first-order chi connectivity index (χ1) is 13.0. The normalized spacial score (nSPS) is 10.7. The van der Waals surface area contributed by atoms with Gasteiger partial charge in [-0.2, -0.15) is 0 Å². The summed E-state index contributed by atoms with van der Waals surface area (Å²) in [7, 11) is 0. The van der Waals surface area contributed by atoms with Crippen molar-refractivity contribution >= 4 is 55.6 Å². The van der Waals surface area contributed by atoms with Crippen LogP contribution in [0.4, 0.5) is 10.8 Å². The van der Waals surface area contributed by atoms with E-state index in [9.17, 15) is 4.79 Å². The van der Waals surface area contributed by atoms with E-state index in [0.29, 0.717) is 15.9 Å². The minimum atomic E-state index is -0.0753. The molecule has 0 saturated carbocycles. The number of carbonyl (C=O) groups is 1. The van der Waals surface area contributed by atoms with Crippen LogP contribution in [-0.4, -0.2) is 10.9 Å². The van der Waals surface area contributed by atoms with Gasteiger partial charge in [0.05, 0.1) is 16.4 Å². The van der Waals surface area contributed by atoms with Crippen molar-refractivity contribution in [3.63, 3.8) is 0 Å². The number of thiazole rings is 1. The summed E-state index contributed by atoms with van der Waals surface area (Å²) in [4.78, 5) is 18.6. The fourth-order valence-electron chi connectivity index (χ4n) is 2.64. The van der Waals surface area contributed by atoms with Gasteiger partial charge in [-0.3, -0.25) is 9.69 Å². The third-order valence-corrected chi connectivity index (χ3v) is 5.59. The molecule has 0 unspecified atom stereocenters. The molecule has 1 amide bonds. The molecule has 3 rings (SSSR count). The van der Waals surface area contributed by atoms with Gasteiger partial charge in [-0.15, -0.1) is 11.3 Å². The Morgan fingerprint density at radius 3 is 2.78 bits per heavy atom. The van der Waals surface area contributed by atoms with E-state index in [2.05, 4.69) is 27.8 Å². The fraction of sp³-hybridized carbons (Fsp3) is 0.200. The van der Waals surface area contributed by atoms with Crippen LogP contribution in [0.2, 0.25) is 5.02 Å². The number of para-hydroxylation sites is 1. The first-order valence-corrected chi connectivity index (χ1v) is 10.5. The Bertz CT molecular complexity index is 961. The topological polar surface area (TPSA) is 42.4 Å². The smallest absolute Gasteiger partial charge is 0.230 e. The number of aryl methyl sites for hydroxylation is 1. The maximum absolute atomic E-state index is 12.3. The number of anilines is 2. The van der Waals surface area contributed by atoms with Crippen molar-refractivity contribution in [2.75, 3.05) is 4.90 Å². The quantitative estimate of drug-likeness (QED) is 0.424. The molecule has 0 bridgehead atoms. The minimum Gasteiger partial charge on any atom is -0.486 e. The number of hydrogen-bond acceptors (Lipinski definition) is 4. The maximum atomic E-state index is 12.3. The number of aromatic nitrogens is 1. The Kier molecular flexibility index (Phi) is 6.52. The molecule has 0 fully saturated rings. The third-order valence-electron chi connectivity index (χ3n) is 3.93. The van der Waals surface area contributed by atoms with Crippen molar-refractivity contribution in [3.8, 4) is 5.75 Å². The lowest BCUT2D eigenvalue weighted by molar-refractivity contribution is -0.115. The van der Waals surface area contributed by atoms with Gasteiger partial charge >= 0.3 is 0 Å². The summed E-state index contributed by atoms with van der Waals surface area (Å²) in [5, 5.41) is 3.05. The van der Waals surface area contributed by atoms with Gasteiger partial charge in [0.15, 0.2) is 5.13 Å². The monoisotopic (exact) mass is 464 g/mol. The van der Waals surface area contributed by atoms with E-state index in [1.165, 1.54) is 11.3 Å². The summed E-state index contributed by atoms with van der Waals surface area (Å²) in [6.45, 7) is 3.89. The minimum absolute atomic E-state index is 0.0753. The SMILES string of the molecule is CCc1ccccc1N(C(C)=O)c1nc(COc2ccc(Br)cc2Cl)cs1. The van der Waals surface area contributed by atoms with E-state index >= 15 is 0 Å². The molecule has 0 N–H and O–H groups in total. The number of ether oxygens (including phenoxy) is 1. The number of nitrogens with zero attached hydrogens (tertiary/aromatic N) is 2. The van der Waals surface area contributed by atoms with Crippen LogP contribution in [0.15, 0.2) is 52.3 Å². The van der Waals surface area contributed by atoms with E-state index < -0.39 is 0 Å². The Balaban J connectivity index is 1.81.